The van der Waals surface area contributed by atoms with Gasteiger partial charge in [-0.15, -0.1) is 0 Å². The van der Waals surface area contributed by atoms with E-state index < -0.39 is 6.61 Å². The van der Waals surface area contributed by atoms with Gasteiger partial charge in [-0.3, -0.25) is 0 Å². The van der Waals surface area contributed by atoms with Crippen LogP contribution in [-0.2, 0) is 0 Å². The molecule has 0 fully saturated rings. The van der Waals surface area contributed by atoms with Crippen molar-refractivity contribution < 1.29 is 18.3 Å². The summed E-state index contributed by atoms with van der Waals surface area (Å²) in [6.45, 7) is 0.764. The second-order valence-electron chi connectivity index (χ2n) is 4.63. The predicted octanol–water partition coefficient (Wildman–Crippen LogP) is 3.15. The highest BCUT2D eigenvalue weighted by Crippen LogP contribution is 2.28. The number of hydrazone groups is 1. The number of ether oxygens (including phenoxy) is 2. The van der Waals surface area contributed by atoms with Crippen molar-refractivity contribution in [1.29, 1.82) is 0 Å². The van der Waals surface area contributed by atoms with E-state index in [0.717, 1.165) is 11.4 Å². The van der Waals surface area contributed by atoms with Crippen LogP contribution in [0.4, 0.5) is 14.7 Å². The first kappa shape index (κ1) is 16.6. The monoisotopic (exact) mass is 322 g/mol. The highest BCUT2D eigenvalue weighted by molar-refractivity contribution is 5.81. The first-order chi connectivity index (χ1) is 11.0. The Morgan fingerprint density at radius 2 is 1.83 bits per heavy atom. The van der Waals surface area contributed by atoms with Crippen LogP contribution in [0.1, 0.15) is 17.0 Å². The molecule has 6 nitrogen and oxygen atoms in total. The average molecular weight is 322 g/mol. The van der Waals surface area contributed by atoms with Gasteiger partial charge >= 0.3 is 6.61 Å². The molecule has 23 heavy (non-hydrogen) atoms. The molecule has 1 heterocycles. The smallest absolute Gasteiger partial charge is 0.387 e. The van der Waals surface area contributed by atoms with Crippen molar-refractivity contribution in [2.45, 2.75) is 20.5 Å². The fourth-order valence-corrected chi connectivity index (χ4v) is 1.90. The van der Waals surface area contributed by atoms with Crippen molar-refractivity contribution in [2.75, 3.05) is 12.5 Å². The number of aryl methyl sites for hydroxylation is 2. The van der Waals surface area contributed by atoms with Crippen LogP contribution in [0.25, 0.3) is 0 Å². The lowest BCUT2D eigenvalue weighted by molar-refractivity contribution is -0.0512. The molecular weight excluding hydrogens is 306 g/mol. The molecule has 0 radical (unpaired) electrons. The van der Waals surface area contributed by atoms with E-state index in [0.29, 0.717) is 11.5 Å². The molecule has 0 unspecified atom stereocenters. The third-order valence-electron chi connectivity index (χ3n) is 2.76. The first-order valence-electron chi connectivity index (χ1n) is 6.72. The fourth-order valence-electron chi connectivity index (χ4n) is 1.90. The van der Waals surface area contributed by atoms with E-state index in [1.54, 1.807) is 6.07 Å². The number of benzene rings is 1. The Labute approximate surface area is 132 Å². The van der Waals surface area contributed by atoms with E-state index >= 15 is 0 Å². The van der Waals surface area contributed by atoms with Gasteiger partial charge in [-0.1, -0.05) is 0 Å². The fraction of sp³-hybridized carbons (Fsp3) is 0.267. The van der Waals surface area contributed by atoms with Crippen LogP contribution >= 0.6 is 0 Å². The summed E-state index contributed by atoms with van der Waals surface area (Å²) in [6.07, 6.45) is 1.44. The average Bonchev–Trinajstić information content (AvgIpc) is 2.46. The number of methoxy groups -OCH3 is 1. The SMILES string of the molecule is COc1ccc(/C=N\Nc2nc(C)cc(C)n2)cc1OC(F)F. The van der Waals surface area contributed by atoms with E-state index in [2.05, 4.69) is 25.2 Å². The molecule has 1 aromatic carbocycles. The van der Waals surface area contributed by atoms with Crippen LogP contribution in [0.2, 0.25) is 0 Å². The van der Waals surface area contributed by atoms with E-state index in [1.807, 2.05) is 19.9 Å². The maximum Gasteiger partial charge on any atom is 0.387 e. The molecule has 0 bridgehead atoms. The third kappa shape index (κ3) is 4.87. The summed E-state index contributed by atoms with van der Waals surface area (Å²) in [5.41, 5.74) is 4.87. The van der Waals surface area contributed by atoms with Gasteiger partial charge in [0.1, 0.15) is 0 Å². The topological polar surface area (TPSA) is 68.6 Å². The molecule has 1 N–H and O–H groups in total. The van der Waals surface area contributed by atoms with Crippen LogP contribution in [0.3, 0.4) is 0 Å². The molecule has 2 rings (SSSR count). The van der Waals surface area contributed by atoms with Crippen molar-refractivity contribution in [3.05, 3.63) is 41.2 Å². The van der Waals surface area contributed by atoms with E-state index in [1.165, 1.54) is 25.5 Å². The number of halogens is 2. The lowest BCUT2D eigenvalue weighted by Crippen LogP contribution is -2.04. The summed E-state index contributed by atoms with van der Waals surface area (Å²) in [5, 5.41) is 3.99. The second kappa shape index (κ2) is 7.48. The molecule has 0 saturated carbocycles. The standard InChI is InChI=1S/C15H16F2N4O2/c1-9-6-10(2)20-15(19-9)21-18-8-11-4-5-12(22-3)13(7-11)23-14(16)17/h4-8,14H,1-3H3,(H,19,20,21)/b18-8-. The molecule has 0 atom stereocenters. The third-order valence-corrected chi connectivity index (χ3v) is 2.76. The quantitative estimate of drug-likeness (QED) is 0.653. The van der Waals surface area contributed by atoms with Crippen LogP contribution in [0.15, 0.2) is 29.4 Å². The molecule has 0 saturated heterocycles. The number of anilines is 1. The number of nitrogens with one attached hydrogen (secondary N) is 1. The van der Waals surface area contributed by atoms with E-state index in [4.69, 9.17) is 4.74 Å². The predicted molar refractivity (Wildman–Crippen MR) is 82.3 cm³/mol. The minimum Gasteiger partial charge on any atom is -0.493 e. The summed E-state index contributed by atoms with van der Waals surface area (Å²) in [5.74, 6) is 0.512. The molecule has 1 aromatic heterocycles. The molecule has 2 aromatic rings. The first-order valence-corrected chi connectivity index (χ1v) is 6.72. The summed E-state index contributed by atoms with van der Waals surface area (Å²) in [7, 11) is 1.38. The number of hydrogen-bond acceptors (Lipinski definition) is 6. The van der Waals surface area contributed by atoms with Gasteiger partial charge in [0.15, 0.2) is 11.5 Å². The molecular formula is C15H16F2N4O2. The number of nitrogens with zero attached hydrogens (tertiary/aromatic N) is 3. The maximum absolute atomic E-state index is 12.4. The minimum atomic E-state index is -2.93. The second-order valence-corrected chi connectivity index (χ2v) is 4.63. The minimum absolute atomic E-state index is 0.0610. The molecule has 8 heteroatoms. The Balaban J connectivity index is 2.12. The van der Waals surface area contributed by atoms with E-state index in [-0.39, 0.29) is 11.5 Å². The Morgan fingerprint density at radius 3 is 2.43 bits per heavy atom. The van der Waals surface area contributed by atoms with Crippen molar-refractivity contribution in [1.82, 2.24) is 9.97 Å². The Morgan fingerprint density at radius 1 is 1.13 bits per heavy atom. The molecule has 0 aliphatic rings. The zero-order valence-corrected chi connectivity index (χ0v) is 12.9. The van der Waals surface area contributed by atoms with Crippen molar-refractivity contribution in [2.24, 2.45) is 5.10 Å². The Bertz CT molecular complexity index is 688. The summed E-state index contributed by atoms with van der Waals surface area (Å²) in [6, 6.07) is 6.42. The van der Waals surface area contributed by atoms with Crippen LogP contribution in [0.5, 0.6) is 11.5 Å². The van der Waals surface area contributed by atoms with Crippen molar-refractivity contribution >= 4 is 12.2 Å². The highest BCUT2D eigenvalue weighted by Gasteiger charge is 2.10. The zero-order chi connectivity index (χ0) is 16.8. The largest absolute Gasteiger partial charge is 0.493 e. The lowest BCUT2D eigenvalue weighted by Gasteiger charge is -2.10. The normalized spacial score (nSPS) is 11.0. The van der Waals surface area contributed by atoms with Crippen LogP contribution in [0, 0.1) is 13.8 Å². The molecule has 0 aliphatic heterocycles. The Kier molecular flexibility index (Phi) is 5.40. The van der Waals surface area contributed by atoms with Gasteiger partial charge in [0, 0.05) is 11.4 Å². The summed E-state index contributed by atoms with van der Waals surface area (Å²) in [4.78, 5) is 8.34. The van der Waals surface area contributed by atoms with Crippen molar-refractivity contribution in [3.8, 4) is 11.5 Å². The van der Waals surface area contributed by atoms with Gasteiger partial charge in [0.05, 0.1) is 13.3 Å². The number of hydrogen-bond donors (Lipinski definition) is 1. The van der Waals surface area contributed by atoms with Crippen molar-refractivity contribution in [3.63, 3.8) is 0 Å². The zero-order valence-electron chi connectivity index (χ0n) is 12.9. The van der Waals surface area contributed by atoms with Gasteiger partial charge in [0.2, 0.25) is 5.95 Å². The van der Waals surface area contributed by atoms with Gasteiger partial charge in [-0.05, 0) is 43.7 Å². The maximum atomic E-state index is 12.4. The molecule has 0 aliphatic carbocycles. The van der Waals surface area contributed by atoms with Crippen LogP contribution in [-0.4, -0.2) is 29.9 Å². The summed E-state index contributed by atoms with van der Waals surface area (Å²) < 4.78 is 34.1. The number of alkyl halides is 2. The summed E-state index contributed by atoms with van der Waals surface area (Å²) >= 11 is 0. The number of aromatic nitrogens is 2. The van der Waals surface area contributed by atoms with Gasteiger partial charge in [-0.25, -0.2) is 15.4 Å². The molecule has 122 valence electrons. The van der Waals surface area contributed by atoms with Crippen LogP contribution < -0.4 is 14.9 Å². The molecule has 0 spiro atoms. The lowest BCUT2D eigenvalue weighted by atomic mass is 10.2. The van der Waals surface area contributed by atoms with E-state index in [9.17, 15) is 8.78 Å². The Hall–Kier alpha value is -2.77. The van der Waals surface area contributed by atoms with Gasteiger partial charge < -0.3 is 9.47 Å². The van der Waals surface area contributed by atoms with Gasteiger partial charge in [0.25, 0.3) is 0 Å². The molecule has 0 amide bonds. The number of rotatable bonds is 6. The highest BCUT2D eigenvalue weighted by atomic mass is 19.3. The van der Waals surface area contributed by atoms with Gasteiger partial charge in [-0.2, -0.15) is 13.9 Å².